The lowest BCUT2D eigenvalue weighted by Gasteiger charge is -2.15. The predicted octanol–water partition coefficient (Wildman–Crippen LogP) is 5.88. The van der Waals surface area contributed by atoms with Crippen molar-refractivity contribution in [2.75, 3.05) is 5.33 Å². The lowest BCUT2D eigenvalue weighted by atomic mass is 10.1. The van der Waals surface area contributed by atoms with Gasteiger partial charge in [0.15, 0.2) is 5.78 Å². The minimum absolute atomic E-state index is 0.146. The van der Waals surface area contributed by atoms with Crippen LogP contribution in [0.1, 0.15) is 16.8 Å². The van der Waals surface area contributed by atoms with Gasteiger partial charge in [0.1, 0.15) is 0 Å². The molecule has 0 amide bonds. The number of alkyl halides is 7. The predicted molar refractivity (Wildman–Crippen MR) is 73.0 cm³/mol. The number of hydrogen-bond donors (Lipinski definition) is 0. The molecule has 0 aliphatic rings. The average molecular weight is 413 g/mol. The normalized spacial score (nSPS) is 12.5. The smallest absolute Gasteiger partial charge is 0.294 e. The van der Waals surface area contributed by atoms with E-state index in [1.807, 2.05) is 0 Å². The summed E-state index contributed by atoms with van der Waals surface area (Å²) in [6.07, 6.45) is -0.194. The van der Waals surface area contributed by atoms with Gasteiger partial charge in [0.2, 0.25) is 0 Å². The molecule has 0 bridgehead atoms. The molecular formula is C11H7BrF6OS2. The highest BCUT2D eigenvalue weighted by molar-refractivity contribution is 9.09. The molecule has 0 heterocycles. The third-order valence-electron chi connectivity index (χ3n) is 2.04. The van der Waals surface area contributed by atoms with Gasteiger partial charge in [-0.05, 0) is 35.7 Å². The highest BCUT2D eigenvalue weighted by atomic mass is 79.9. The van der Waals surface area contributed by atoms with E-state index in [2.05, 4.69) is 15.9 Å². The molecular weight excluding hydrogens is 406 g/mol. The van der Waals surface area contributed by atoms with Crippen LogP contribution < -0.4 is 0 Å². The highest BCUT2D eigenvalue weighted by Crippen LogP contribution is 2.44. The van der Waals surface area contributed by atoms with E-state index >= 15 is 0 Å². The third kappa shape index (κ3) is 6.52. The second kappa shape index (κ2) is 7.28. The third-order valence-corrected chi connectivity index (χ3v) is 4.02. The fraction of sp³-hybridized carbons (Fsp3) is 0.364. The molecule has 0 N–H and O–H groups in total. The summed E-state index contributed by atoms with van der Waals surface area (Å²) >= 11 is 1.75. The Labute approximate surface area is 133 Å². The molecule has 0 atom stereocenters. The summed E-state index contributed by atoms with van der Waals surface area (Å²) in [6.45, 7) is 0. The Morgan fingerprint density at radius 1 is 1.00 bits per heavy atom. The fourth-order valence-electron chi connectivity index (χ4n) is 1.42. The molecule has 1 rings (SSSR count). The maximum atomic E-state index is 12.5. The topological polar surface area (TPSA) is 17.1 Å². The van der Waals surface area contributed by atoms with Crippen LogP contribution in [0.4, 0.5) is 26.3 Å². The molecule has 0 unspecified atom stereocenters. The molecule has 0 radical (unpaired) electrons. The maximum Gasteiger partial charge on any atom is 0.446 e. The Morgan fingerprint density at radius 2 is 1.43 bits per heavy atom. The van der Waals surface area contributed by atoms with E-state index in [0.717, 1.165) is 18.2 Å². The Balaban J connectivity index is 3.30. The first kappa shape index (κ1) is 18.7. The summed E-state index contributed by atoms with van der Waals surface area (Å²) in [7, 11) is 0. The van der Waals surface area contributed by atoms with Gasteiger partial charge in [0.25, 0.3) is 0 Å². The number of benzene rings is 1. The summed E-state index contributed by atoms with van der Waals surface area (Å²) in [5.74, 6) is -0.772. The zero-order chi connectivity index (χ0) is 16.3. The number of Topliss-reactive ketones (excluding diaryl/α,β-unsaturated/α-hetero) is 1. The first-order valence-electron chi connectivity index (χ1n) is 5.27. The fourth-order valence-corrected chi connectivity index (χ4v) is 3.28. The molecule has 1 nitrogen and oxygen atoms in total. The zero-order valence-electron chi connectivity index (χ0n) is 10.0. The molecule has 0 aliphatic carbocycles. The van der Waals surface area contributed by atoms with E-state index in [-0.39, 0.29) is 11.8 Å². The van der Waals surface area contributed by atoms with Crippen molar-refractivity contribution in [2.24, 2.45) is 0 Å². The summed E-state index contributed by atoms with van der Waals surface area (Å²) in [5, 5.41) is 0.146. The number of hydrogen-bond acceptors (Lipinski definition) is 3. The molecule has 1 aromatic carbocycles. The SMILES string of the molecule is O=C(CCBr)c1c(SC(F)(F)F)cccc1SC(F)(F)F. The number of thioether (sulfide) groups is 2. The number of carbonyl (C=O) groups is 1. The summed E-state index contributed by atoms with van der Waals surface area (Å²) in [5.41, 5.74) is -9.92. The van der Waals surface area contributed by atoms with E-state index in [4.69, 9.17) is 0 Å². The average Bonchev–Trinajstić information content (AvgIpc) is 2.24. The first-order chi connectivity index (χ1) is 9.53. The molecule has 0 saturated heterocycles. The number of halogens is 7. The van der Waals surface area contributed by atoms with Crippen molar-refractivity contribution in [3.8, 4) is 0 Å². The van der Waals surface area contributed by atoms with Gasteiger partial charge in [-0.2, -0.15) is 26.3 Å². The van der Waals surface area contributed by atoms with Crippen molar-refractivity contribution in [3.63, 3.8) is 0 Å². The van der Waals surface area contributed by atoms with Crippen LogP contribution in [0.5, 0.6) is 0 Å². The van der Waals surface area contributed by atoms with Crippen LogP contribution in [-0.2, 0) is 0 Å². The second-order valence-corrected chi connectivity index (χ2v) is 6.59. The van der Waals surface area contributed by atoms with Gasteiger partial charge >= 0.3 is 11.0 Å². The van der Waals surface area contributed by atoms with Crippen LogP contribution >= 0.6 is 39.5 Å². The Bertz CT molecular complexity index is 480. The quantitative estimate of drug-likeness (QED) is 0.260. The summed E-state index contributed by atoms with van der Waals surface area (Å²) in [4.78, 5) is 10.8. The first-order valence-corrected chi connectivity index (χ1v) is 8.02. The number of carbonyl (C=O) groups excluding carboxylic acids is 1. The molecule has 21 heavy (non-hydrogen) atoms. The molecule has 0 fully saturated rings. The number of ketones is 1. The molecule has 0 aliphatic heterocycles. The molecule has 1 aromatic rings. The molecule has 0 aromatic heterocycles. The van der Waals surface area contributed by atoms with Crippen molar-refractivity contribution < 1.29 is 31.1 Å². The largest absolute Gasteiger partial charge is 0.446 e. The standard InChI is InChI=1S/C11H7BrF6OS2/c12-5-4-6(19)9-7(20-10(13,14)15)2-1-3-8(9)21-11(16,17)18/h1-3H,4-5H2. The molecule has 0 saturated carbocycles. The van der Waals surface area contributed by atoms with Crippen molar-refractivity contribution in [1.82, 2.24) is 0 Å². The van der Waals surface area contributed by atoms with Gasteiger partial charge in [0.05, 0.1) is 0 Å². The van der Waals surface area contributed by atoms with Crippen molar-refractivity contribution in [3.05, 3.63) is 23.8 Å². The van der Waals surface area contributed by atoms with Gasteiger partial charge in [-0.15, -0.1) is 0 Å². The van der Waals surface area contributed by atoms with Gasteiger partial charge < -0.3 is 0 Å². The lowest BCUT2D eigenvalue weighted by molar-refractivity contribution is -0.0334. The minimum atomic E-state index is -4.69. The summed E-state index contributed by atoms with van der Waals surface area (Å²) in [6, 6.07) is 3.03. The van der Waals surface area contributed by atoms with Crippen LogP contribution in [-0.4, -0.2) is 22.1 Å². The highest BCUT2D eigenvalue weighted by Gasteiger charge is 2.35. The maximum absolute atomic E-state index is 12.5. The van der Waals surface area contributed by atoms with Crippen LogP contribution in [0, 0.1) is 0 Å². The van der Waals surface area contributed by atoms with Crippen LogP contribution in [0.3, 0.4) is 0 Å². The van der Waals surface area contributed by atoms with Crippen molar-refractivity contribution >= 4 is 45.2 Å². The van der Waals surface area contributed by atoms with Crippen LogP contribution in [0.15, 0.2) is 28.0 Å². The molecule has 118 valence electrons. The van der Waals surface area contributed by atoms with Gasteiger partial charge in [-0.25, -0.2) is 0 Å². The van der Waals surface area contributed by atoms with Crippen molar-refractivity contribution in [2.45, 2.75) is 27.2 Å². The van der Waals surface area contributed by atoms with Gasteiger partial charge in [-0.1, -0.05) is 22.0 Å². The van der Waals surface area contributed by atoms with Gasteiger partial charge in [0, 0.05) is 27.1 Å². The van der Waals surface area contributed by atoms with E-state index in [1.165, 1.54) is 0 Å². The summed E-state index contributed by atoms with van der Waals surface area (Å²) < 4.78 is 74.7. The zero-order valence-corrected chi connectivity index (χ0v) is 13.2. The lowest BCUT2D eigenvalue weighted by Crippen LogP contribution is -2.09. The van der Waals surface area contributed by atoms with E-state index in [9.17, 15) is 31.1 Å². The van der Waals surface area contributed by atoms with E-state index in [1.54, 1.807) is 0 Å². The number of rotatable bonds is 5. The Hall–Kier alpha value is -0.350. The van der Waals surface area contributed by atoms with E-state index < -0.39 is 55.7 Å². The Morgan fingerprint density at radius 3 is 1.76 bits per heavy atom. The molecule has 0 spiro atoms. The van der Waals surface area contributed by atoms with Crippen LogP contribution in [0.25, 0.3) is 0 Å². The van der Waals surface area contributed by atoms with Crippen molar-refractivity contribution in [1.29, 1.82) is 0 Å². The Kier molecular flexibility index (Phi) is 6.48. The molecule has 10 heteroatoms. The monoisotopic (exact) mass is 412 g/mol. The van der Waals surface area contributed by atoms with E-state index in [0.29, 0.717) is 0 Å². The minimum Gasteiger partial charge on any atom is -0.294 e. The van der Waals surface area contributed by atoms with Gasteiger partial charge in [-0.3, -0.25) is 4.79 Å². The second-order valence-electron chi connectivity index (χ2n) is 3.59. The van der Waals surface area contributed by atoms with Crippen LogP contribution in [0.2, 0.25) is 0 Å².